The van der Waals surface area contributed by atoms with E-state index in [0.29, 0.717) is 6.04 Å². The van der Waals surface area contributed by atoms with Gasteiger partial charge in [0.2, 0.25) is 5.91 Å². The maximum Gasteiger partial charge on any atom is 0.241 e. The summed E-state index contributed by atoms with van der Waals surface area (Å²) in [6.45, 7) is 8.54. The zero-order chi connectivity index (χ0) is 15.4. The summed E-state index contributed by atoms with van der Waals surface area (Å²) in [4.78, 5) is 17.3. The van der Waals surface area contributed by atoms with Gasteiger partial charge in [0.1, 0.15) is 6.17 Å². The first-order chi connectivity index (χ1) is 10.1. The molecule has 0 saturated carbocycles. The monoisotopic (exact) mass is 308 g/mol. The van der Waals surface area contributed by atoms with Crippen LogP contribution in [0.5, 0.6) is 0 Å². The zero-order valence-electron chi connectivity index (χ0n) is 13.7. The lowest BCUT2D eigenvalue weighted by atomic mass is 10.0. The number of hydrogen-bond acceptors (Lipinski definition) is 3. The van der Waals surface area contributed by atoms with Gasteiger partial charge in [0.05, 0.1) is 6.04 Å². The quantitative estimate of drug-likeness (QED) is 0.817. The van der Waals surface area contributed by atoms with Crippen LogP contribution in [0.3, 0.4) is 0 Å². The second-order valence-electron chi connectivity index (χ2n) is 6.07. The Kier molecular flexibility index (Phi) is 5.82. The van der Waals surface area contributed by atoms with Gasteiger partial charge in [-0.2, -0.15) is 0 Å². The summed E-state index contributed by atoms with van der Waals surface area (Å²) in [5.41, 5.74) is 0. The maximum atomic E-state index is 12.6. The lowest BCUT2D eigenvalue weighted by Crippen LogP contribution is -2.39. The number of thiophene rings is 1. The molecule has 118 valence electrons. The van der Waals surface area contributed by atoms with Gasteiger partial charge in [-0.25, -0.2) is 0 Å². The molecule has 3 atom stereocenters. The van der Waals surface area contributed by atoms with E-state index in [0.717, 1.165) is 19.3 Å². The minimum Gasteiger partial charge on any atom is -0.318 e. The van der Waals surface area contributed by atoms with Crippen LogP contribution in [0.25, 0.3) is 0 Å². The van der Waals surface area contributed by atoms with Crippen molar-refractivity contribution in [3.63, 3.8) is 0 Å². The molecule has 0 aromatic carbocycles. The number of carbonyl (C=O) groups excluding carboxylic acids is 1. The summed E-state index contributed by atoms with van der Waals surface area (Å²) < 4.78 is 0. The average molecular weight is 308 g/mol. The highest BCUT2D eigenvalue weighted by atomic mass is 32.1. The third kappa shape index (κ3) is 3.67. The lowest BCUT2D eigenvalue weighted by molar-refractivity contribution is -0.132. The van der Waals surface area contributed by atoms with E-state index < -0.39 is 0 Å². The molecule has 3 unspecified atom stereocenters. The fraction of sp³-hybridized carbons (Fsp3) is 0.706. The molecule has 2 rings (SSSR count). The predicted molar refractivity (Wildman–Crippen MR) is 89.5 cm³/mol. The van der Waals surface area contributed by atoms with Gasteiger partial charge in [0, 0.05) is 15.8 Å². The number of aryl methyl sites for hydroxylation is 1. The molecule has 1 aliphatic heterocycles. The van der Waals surface area contributed by atoms with Gasteiger partial charge in [-0.05, 0) is 38.8 Å². The van der Waals surface area contributed by atoms with Crippen LogP contribution in [0.4, 0.5) is 0 Å². The van der Waals surface area contributed by atoms with Crippen molar-refractivity contribution in [1.29, 1.82) is 0 Å². The van der Waals surface area contributed by atoms with Gasteiger partial charge in [0.25, 0.3) is 0 Å². The van der Waals surface area contributed by atoms with Crippen LogP contribution in [-0.4, -0.2) is 22.9 Å². The molecule has 0 radical (unpaired) electrons. The first-order valence-corrected chi connectivity index (χ1v) is 9.04. The summed E-state index contributed by atoms with van der Waals surface area (Å²) in [5, 5.41) is 3.49. The highest BCUT2D eigenvalue weighted by Crippen LogP contribution is 2.34. The van der Waals surface area contributed by atoms with Crippen molar-refractivity contribution in [2.45, 2.75) is 78.0 Å². The summed E-state index contributed by atoms with van der Waals surface area (Å²) in [7, 11) is 0. The van der Waals surface area contributed by atoms with E-state index in [1.165, 1.54) is 22.6 Å². The summed E-state index contributed by atoms with van der Waals surface area (Å²) in [6.07, 6.45) is 5.79. The van der Waals surface area contributed by atoms with Gasteiger partial charge in [0.15, 0.2) is 0 Å². The molecule has 0 aliphatic carbocycles. The first-order valence-electron chi connectivity index (χ1n) is 8.23. The Balaban J connectivity index is 2.23. The third-order valence-electron chi connectivity index (χ3n) is 4.25. The molecule has 1 saturated heterocycles. The predicted octanol–water partition coefficient (Wildman–Crippen LogP) is 4.23. The van der Waals surface area contributed by atoms with Crippen molar-refractivity contribution < 1.29 is 4.79 Å². The number of nitrogens with zero attached hydrogens (tertiary/aromatic N) is 1. The molecule has 21 heavy (non-hydrogen) atoms. The Hall–Kier alpha value is -0.870. The van der Waals surface area contributed by atoms with Gasteiger partial charge in [-0.3, -0.25) is 10.1 Å². The Morgan fingerprint density at radius 3 is 2.62 bits per heavy atom. The molecule has 1 amide bonds. The number of rotatable bonds is 7. The molecule has 1 fully saturated rings. The van der Waals surface area contributed by atoms with Crippen molar-refractivity contribution in [2.24, 2.45) is 0 Å². The molecule has 4 heteroatoms. The smallest absolute Gasteiger partial charge is 0.241 e. The van der Waals surface area contributed by atoms with Crippen LogP contribution < -0.4 is 5.32 Å². The Bertz CT molecular complexity index is 471. The number of unbranched alkanes of at least 4 members (excludes halogenated alkanes) is 1. The highest BCUT2D eigenvalue weighted by Gasteiger charge is 2.41. The Morgan fingerprint density at radius 2 is 2.05 bits per heavy atom. The second-order valence-corrected chi connectivity index (χ2v) is 7.39. The molecule has 0 bridgehead atoms. The van der Waals surface area contributed by atoms with Crippen molar-refractivity contribution in [3.8, 4) is 0 Å². The summed E-state index contributed by atoms with van der Waals surface area (Å²) >= 11 is 1.80. The van der Waals surface area contributed by atoms with E-state index in [2.05, 4.69) is 43.1 Å². The molecule has 2 heterocycles. The molecule has 1 aromatic rings. The number of nitrogens with one attached hydrogen (secondary N) is 1. The van der Waals surface area contributed by atoms with Crippen LogP contribution in [0, 0.1) is 6.92 Å². The molecular formula is C17H28N2OS. The van der Waals surface area contributed by atoms with E-state index in [1.54, 1.807) is 11.3 Å². The van der Waals surface area contributed by atoms with Crippen LogP contribution in [0.2, 0.25) is 0 Å². The van der Waals surface area contributed by atoms with Gasteiger partial charge < -0.3 is 4.90 Å². The van der Waals surface area contributed by atoms with Crippen molar-refractivity contribution >= 4 is 17.2 Å². The molecule has 1 aliphatic rings. The largest absolute Gasteiger partial charge is 0.318 e. The molecule has 0 spiro atoms. The minimum atomic E-state index is -0.0709. The fourth-order valence-electron chi connectivity index (χ4n) is 3.15. The maximum absolute atomic E-state index is 12.6. The molecule has 3 nitrogen and oxygen atoms in total. The van der Waals surface area contributed by atoms with Gasteiger partial charge in [-0.1, -0.05) is 33.1 Å². The van der Waals surface area contributed by atoms with Crippen molar-refractivity contribution in [2.75, 3.05) is 0 Å². The van der Waals surface area contributed by atoms with Crippen molar-refractivity contribution in [3.05, 3.63) is 21.9 Å². The van der Waals surface area contributed by atoms with E-state index in [4.69, 9.17) is 0 Å². The van der Waals surface area contributed by atoms with E-state index in [-0.39, 0.29) is 18.1 Å². The summed E-state index contributed by atoms with van der Waals surface area (Å²) in [6, 6.07) is 4.61. The minimum absolute atomic E-state index is 0.0691. The standard InChI is InChI=1S/C17H28N2OS/c1-5-7-9-14(8-6-2)19-16(18-13(4)17(19)20)15-11-10-12(3)21-15/h10-11,13-14,16,18H,5-9H2,1-4H3. The average Bonchev–Trinajstić information content (AvgIpc) is 3.00. The number of amides is 1. The molecular weight excluding hydrogens is 280 g/mol. The van der Waals surface area contributed by atoms with Gasteiger partial charge >= 0.3 is 0 Å². The zero-order valence-corrected chi connectivity index (χ0v) is 14.5. The van der Waals surface area contributed by atoms with Gasteiger partial charge in [-0.15, -0.1) is 11.3 Å². The normalized spacial score (nSPS) is 23.8. The second kappa shape index (κ2) is 7.41. The number of carbonyl (C=O) groups is 1. The van der Waals surface area contributed by atoms with Crippen molar-refractivity contribution in [1.82, 2.24) is 10.2 Å². The lowest BCUT2D eigenvalue weighted by Gasteiger charge is -2.32. The van der Waals surface area contributed by atoms with Crippen LogP contribution in [-0.2, 0) is 4.79 Å². The van der Waals surface area contributed by atoms with Crippen LogP contribution >= 0.6 is 11.3 Å². The first kappa shape index (κ1) is 16.5. The molecule has 1 N–H and O–H groups in total. The highest BCUT2D eigenvalue weighted by molar-refractivity contribution is 7.12. The Morgan fingerprint density at radius 1 is 1.29 bits per heavy atom. The third-order valence-corrected chi connectivity index (χ3v) is 5.30. The van der Waals surface area contributed by atoms with Crippen LogP contribution in [0.1, 0.15) is 68.8 Å². The van der Waals surface area contributed by atoms with E-state index in [1.807, 2.05) is 6.92 Å². The fourth-order valence-corrected chi connectivity index (χ4v) is 4.08. The van der Waals surface area contributed by atoms with E-state index >= 15 is 0 Å². The van der Waals surface area contributed by atoms with E-state index in [9.17, 15) is 4.79 Å². The van der Waals surface area contributed by atoms with Crippen LogP contribution in [0.15, 0.2) is 12.1 Å². The SMILES string of the molecule is CCCCC(CCC)N1C(=O)C(C)NC1c1ccc(C)s1. The topological polar surface area (TPSA) is 32.3 Å². The molecule has 1 aromatic heterocycles. The number of hydrogen-bond donors (Lipinski definition) is 1. The Labute approximate surface area is 132 Å². The summed E-state index contributed by atoms with van der Waals surface area (Å²) in [5.74, 6) is 0.264.